The number of nitrogens with one attached hydrogen (secondary N) is 1. The average Bonchev–Trinajstić information content (AvgIpc) is 2.82. The molecule has 0 bridgehead atoms. The number of rotatable bonds is 10. The molecule has 0 atom stereocenters. The lowest BCUT2D eigenvalue weighted by atomic mass is 10.1. The van der Waals surface area contributed by atoms with Gasteiger partial charge in [0, 0.05) is 24.9 Å². The fourth-order valence-corrected chi connectivity index (χ4v) is 2.93. The molecule has 31 heavy (non-hydrogen) atoms. The van der Waals surface area contributed by atoms with E-state index in [2.05, 4.69) is 10.3 Å². The van der Waals surface area contributed by atoms with E-state index in [0.29, 0.717) is 37.0 Å². The summed E-state index contributed by atoms with van der Waals surface area (Å²) in [6.45, 7) is 0.968. The van der Waals surface area contributed by atoms with Crippen molar-refractivity contribution in [1.82, 2.24) is 10.3 Å². The van der Waals surface area contributed by atoms with Crippen molar-refractivity contribution in [3.63, 3.8) is 0 Å². The summed E-state index contributed by atoms with van der Waals surface area (Å²) in [5.74, 6) is 1.71. The molecule has 0 aliphatic carbocycles. The first-order chi connectivity index (χ1) is 15.2. The molecular weight excluding hydrogens is 392 g/mol. The Morgan fingerprint density at radius 3 is 2.58 bits per heavy atom. The number of carbonyl (C=O) groups excluding carboxylic acids is 1. The van der Waals surface area contributed by atoms with Crippen molar-refractivity contribution in [2.45, 2.75) is 13.0 Å². The van der Waals surface area contributed by atoms with E-state index >= 15 is 0 Å². The Kier molecular flexibility index (Phi) is 8.05. The van der Waals surface area contributed by atoms with E-state index in [0.717, 1.165) is 16.7 Å². The molecule has 2 aromatic carbocycles. The molecule has 6 heteroatoms. The highest BCUT2D eigenvalue weighted by Crippen LogP contribution is 2.29. The van der Waals surface area contributed by atoms with Gasteiger partial charge in [-0.3, -0.25) is 4.79 Å². The number of hydrogen-bond acceptors (Lipinski definition) is 5. The highest BCUT2D eigenvalue weighted by atomic mass is 16.5. The molecule has 1 N–H and O–H groups in total. The highest BCUT2D eigenvalue weighted by Gasteiger charge is 2.07. The molecular formula is C25H26N2O4. The minimum Gasteiger partial charge on any atom is -0.493 e. The van der Waals surface area contributed by atoms with Crippen LogP contribution >= 0.6 is 0 Å². The Morgan fingerprint density at radius 2 is 1.81 bits per heavy atom. The number of pyridine rings is 1. The summed E-state index contributed by atoms with van der Waals surface area (Å²) in [5.41, 5.74) is 2.98. The van der Waals surface area contributed by atoms with Crippen LogP contribution in [0.25, 0.3) is 6.08 Å². The van der Waals surface area contributed by atoms with Crippen LogP contribution in [0.15, 0.2) is 72.9 Å². The Balaban J connectivity index is 1.52. The van der Waals surface area contributed by atoms with Gasteiger partial charge in [-0.05, 0) is 47.4 Å². The van der Waals surface area contributed by atoms with Gasteiger partial charge in [0.05, 0.1) is 14.2 Å². The number of nitrogens with zero attached hydrogens (tertiary/aromatic N) is 1. The third-order valence-corrected chi connectivity index (χ3v) is 4.57. The number of methoxy groups -OCH3 is 2. The van der Waals surface area contributed by atoms with Crippen LogP contribution in [0.4, 0.5) is 0 Å². The Labute approximate surface area is 182 Å². The van der Waals surface area contributed by atoms with Crippen LogP contribution in [0.5, 0.6) is 17.4 Å². The van der Waals surface area contributed by atoms with Crippen molar-refractivity contribution in [2.75, 3.05) is 20.8 Å². The number of amides is 1. The molecule has 0 fully saturated rings. The quantitative estimate of drug-likeness (QED) is 0.503. The summed E-state index contributed by atoms with van der Waals surface area (Å²) in [6, 6.07) is 19.3. The van der Waals surface area contributed by atoms with E-state index in [4.69, 9.17) is 14.2 Å². The maximum Gasteiger partial charge on any atom is 0.244 e. The smallest absolute Gasteiger partial charge is 0.244 e. The SMILES string of the molecule is COc1cc(/C=C/C(=O)NCCc2ccc(OC)c(OCc3ccccc3)c2)ccn1. The lowest BCUT2D eigenvalue weighted by molar-refractivity contribution is -0.116. The first-order valence-electron chi connectivity index (χ1n) is 9.97. The second-order valence-corrected chi connectivity index (χ2v) is 6.77. The number of carbonyl (C=O) groups is 1. The second-order valence-electron chi connectivity index (χ2n) is 6.77. The summed E-state index contributed by atoms with van der Waals surface area (Å²) >= 11 is 0. The number of ether oxygens (including phenoxy) is 3. The van der Waals surface area contributed by atoms with E-state index < -0.39 is 0 Å². The van der Waals surface area contributed by atoms with Gasteiger partial charge in [0.2, 0.25) is 11.8 Å². The lowest BCUT2D eigenvalue weighted by Crippen LogP contribution is -2.23. The van der Waals surface area contributed by atoms with Gasteiger partial charge in [0.25, 0.3) is 0 Å². The fourth-order valence-electron chi connectivity index (χ4n) is 2.93. The van der Waals surface area contributed by atoms with Crippen LogP contribution in [-0.2, 0) is 17.8 Å². The second kappa shape index (κ2) is 11.4. The predicted molar refractivity (Wildman–Crippen MR) is 120 cm³/mol. The Morgan fingerprint density at radius 1 is 0.968 bits per heavy atom. The molecule has 1 heterocycles. The van der Waals surface area contributed by atoms with E-state index in [9.17, 15) is 4.79 Å². The molecule has 0 unspecified atom stereocenters. The van der Waals surface area contributed by atoms with Crippen molar-refractivity contribution < 1.29 is 19.0 Å². The van der Waals surface area contributed by atoms with E-state index in [1.54, 1.807) is 38.6 Å². The van der Waals surface area contributed by atoms with Gasteiger partial charge in [0.1, 0.15) is 6.61 Å². The van der Waals surface area contributed by atoms with Gasteiger partial charge in [-0.25, -0.2) is 4.98 Å². The molecule has 0 radical (unpaired) electrons. The van der Waals surface area contributed by atoms with Crippen LogP contribution in [0, 0.1) is 0 Å². The Bertz CT molecular complexity index is 1020. The molecule has 160 valence electrons. The number of benzene rings is 2. The summed E-state index contributed by atoms with van der Waals surface area (Å²) in [6.07, 6.45) is 5.53. The predicted octanol–water partition coefficient (Wildman–Crippen LogP) is 4.05. The summed E-state index contributed by atoms with van der Waals surface area (Å²) in [5, 5.41) is 2.89. The van der Waals surface area contributed by atoms with Crippen LogP contribution in [0.3, 0.4) is 0 Å². The van der Waals surface area contributed by atoms with E-state index in [-0.39, 0.29) is 5.91 Å². The van der Waals surface area contributed by atoms with Crippen molar-refractivity contribution in [3.8, 4) is 17.4 Å². The van der Waals surface area contributed by atoms with Gasteiger partial charge >= 0.3 is 0 Å². The van der Waals surface area contributed by atoms with E-state index in [1.165, 1.54) is 6.08 Å². The molecule has 3 aromatic rings. The summed E-state index contributed by atoms with van der Waals surface area (Å²) in [4.78, 5) is 16.1. The highest BCUT2D eigenvalue weighted by molar-refractivity contribution is 5.91. The number of hydrogen-bond donors (Lipinski definition) is 1. The minimum absolute atomic E-state index is 0.162. The summed E-state index contributed by atoms with van der Waals surface area (Å²) in [7, 11) is 3.18. The normalized spacial score (nSPS) is 10.6. The largest absolute Gasteiger partial charge is 0.493 e. The molecule has 1 amide bonds. The average molecular weight is 418 g/mol. The molecule has 0 aliphatic rings. The zero-order valence-electron chi connectivity index (χ0n) is 17.7. The zero-order valence-corrected chi connectivity index (χ0v) is 17.7. The minimum atomic E-state index is -0.162. The molecule has 3 rings (SSSR count). The molecule has 0 saturated carbocycles. The topological polar surface area (TPSA) is 69.7 Å². The third-order valence-electron chi connectivity index (χ3n) is 4.57. The van der Waals surface area contributed by atoms with E-state index in [1.807, 2.05) is 48.5 Å². The van der Waals surface area contributed by atoms with Gasteiger partial charge in [-0.2, -0.15) is 0 Å². The van der Waals surface area contributed by atoms with Crippen LogP contribution < -0.4 is 19.5 Å². The van der Waals surface area contributed by atoms with Crippen LogP contribution in [0.2, 0.25) is 0 Å². The van der Waals surface area contributed by atoms with Crippen molar-refractivity contribution in [1.29, 1.82) is 0 Å². The molecule has 1 aromatic heterocycles. The molecule has 0 spiro atoms. The summed E-state index contributed by atoms with van der Waals surface area (Å²) < 4.78 is 16.4. The maximum absolute atomic E-state index is 12.1. The van der Waals surface area contributed by atoms with Crippen molar-refractivity contribution in [3.05, 3.63) is 89.6 Å². The first kappa shape index (κ1) is 21.9. The fraction of sp³-hybridized carbons (Fsp3) is 0.200. The monoisotopic (exact) mass is 418 g/mol. The van der Waals surface area contributed by atoms with Crippen LogP contribution in [-0.4, -0.2) is 31.7 Å². The molecule has 0 aliphatic heterocycles. The van der Waals surface area contributed by atoms with Gasteiger partial charge < -0.3 is 19.5 Å². The molecule has 0 saturated heterocycles. The van der Waals surface area contributed by atoms with Crippen molar-refractivity contribution in [2.24, 2.45) is 0 Å². The van der Waals surface area contributed by atoms with Gasteiger partial charge in [-0.15, -0.1) is 0 Å². The third kappa shape index (κ3) is 6.89. The lowest BCUT2D eigenvalue weighted by Gasteiger charge is -2.12. The standard InChI is InChI=1S/C25H26N2O4/c1-29-22-10-8-19(16-23(22)31-18-21-6-4-3-5-7-21)12-14-26-24(28)11-9-20-13-15-27-25(17-20)30-2/h3-11,13,15-17H,12,14,18H2,1-2H3,(H,26,28)/b11-9+. The van der Waals surface area contributed by atoms with Crippen molar-refractivity contribution >= 4 is 12.0 Å². The van der Waals surface area contributed by atoms with Crippen LogP contribution in [0.1, 0.15) is 16.7 Å². The molecule has 6 nitrogen and oxygen atoms in total. The maximum atomic E-state index is 12.1. The number of aromatic nitrogens is 1. The van der Waals surface area contributed by atoms with Gasteiger partial charge in [0.15, 0.2) is 11.5 Å². The first-order valence-corrected chi connectivity index (χ1v) is 9.97. The van der Waals surface area contributed by atoms with Gasteiger partial charge in [-0.1, -0.05) is 36.4 Å². The zero-order chi connectivity index (χ0) is 21.9. The Hall–Kier alpha value is -3.80.